The number of nitrogen functional groups attached to an aromatic ring is 2. The fraction of sp³-hybridized carbons (Fsp3) is 0.111. The molecule has 7 rings (SSSR count). The van der Waals surface area contributed by atoms with Crippen molar-refractivity contribution in [1.29, 1.82) is 0 Å². The zero-order chi connectivity index (χ0) is 29.7. The fourth-order valence-corrected chi connectivity index (χ4v) is 4.56. The summed E-state index contributed by atoms with van der Waals surface area (Å²) in [5.74, 6) is 0. The van der Waals surface area contributed by atoms with Crippen molar-refractivity contribution < 1.29 is 9.90 Å². The number of fused-ring (bicyclic) bond motifs is 1. The molecule has 0 fully saturated rings. The highest BCUT2D eigenvalue weighted by molar-refractivity contribution is 6.11. The van der Waals surface area contributed by atoms with Crippen LogP contribution in [-0.2, 0) is 6.42 Å². The topological polar surface area (TPSA) is 127 Å². The first kappa shape index (κ1) is 32.1. The van der Waals surface area contributed by atoms with Gasteiger partial charge in [0.15, 0.2) is 0 Å². The maximum absolute atomic E-state index is 9.98. The Morgan fingerprint density at radius 1 is 0.721 bits per heavy atom. The van der Waals surface area contributed by atoms with Crippen LogP contribution in [0.25, 0.3) is 21.5 Å². The minimum absolute atomic E-state index is 0. The molecule has 0 unspecified atom stereocenters. The Labute approximate surface area is 252 Å². The zero-order valence-corrected chi connectivity index (χ0v) is 23.4. The molecule has 218 valence electrons. The molecule has 1 aliphatic heterocycles. The molecule has 7 heteroatoms. The third-order valence-corrected chi connectivity index (χ3v) is 6.41. The van der Waals surface area contributed by atoms with Crippen molar-refractivity contribution in [3.05, 3.63) is 139 Å². The number of carbonyl (C=O) groups is 1. The number of rotatable bonds is 2. The molecule has 6 aromatic rings. The van der Waals surface area contributed by atoms with Crippen molar-refractivity contribution >= 4 is 50.6 Å². The molecule has 0 saturated heterocycles. The number of aliphatic hydroxyl groups excluding tert-OH is 1. The maximum atomic E-state index is 9.98. The van der Waals surface area contributed by atoms with E-state index in [0.29, 0.717) is 5.56 Å². The molecule has 0 saturated carbocycles. The SMILES string of the molecule is C.CCO.Nc1cccc2cccc(N)c12.O=Cc1ccncc1.c1cc2c3c(cccc3c1)N=C(c1ccncc1)C2. The highest BCUT2D eigenvalue weighted by atomic mass is 16.2. The number of aliphatic hydroxyl groups is 1. The number of aldehydes is 1. The molecule has 43 heavy (non-hydrogen) atoms. The van der Waals surface area contributed by atoms with Gasteiger partial charge in [0, 0.05) is 65.5 Å². The van der Waals surface area contributed by atoms with Gasteiger partial charge in [0.25, 0.3) is 0 Å². The van der Waals surface area contributed by atoms with E-state index < -0.39 is 0 Å². The number of pyridine rings is 2. The van der Waals surface area contributed by atoms with Crippen LogP contribution in [0.3, 0.4) is 0 Å². The number of carbonyl (C=O) groups excluding carboxylic acids is 1. The van der Waals surface area contributed by atoms with Gasteiger partial charge >= 0.3 is 0 Å². The van der Waals surface area contributed by atoms with Crippen molar-refractivity contribution in [3.63, 3.8) is 0 Å². The molecular formula is C36H37N5O2. The van der Waals surface area contributed by atoms with Crippen molar-refractivity contribution in [2.75, 3.05) is 18.1 Å². The van der Waals surface area contributed by atoms with E-state index >= 15 is 0 Å². The summed E-state index contributed by atoms with van der Waals surface area (Å²) >= 11 is 0. The summed E-state index contributed by atoms with van der Waals surface area (Å²) in [7, 11) is 0. The van der Waals surface area contributed by atoms with E-state index in [2.05, 4.69) is 46.4 Å². The summed E-state index contributed by atoms with van der Waals surface area (Å²) in [6.07, 6.45) is 8.49. The van der Waals surface area contributed by atoms with Gasteiger partial charge < -0.3 is 16.6 Å². The Hall–Kier alpha value is -5.40. The molecule has 0 aliphatic carbocycles. The lowest BCUT2D eigenvalue weighted by molar-refractivity contribution is 0.112. The quantitative estimate of drug-likeness (QED) is 0.146. The minimum Gasteiger partial charge on any atom is -0.398 e. The van der Waals surface area contributed by atoms with Crippen LogP contribution < -0.4 is 11.5 Å². The Morgan fingerprint density at radius 3 is 1.72 bits per heavy atom. The average molecular weight is 572 g/mol. The second-order valence-corrected chi connectivity index (χ2v) is 9.27. The molecule has 2 aromatic heterocycles. The van der Waals surface area contributed by atoms with E-state index in [1.165, 1.54) is 16.3 Å². The first-order valence-corrected chi connectivity index (χ1v) is 13.5. The summed E-state index contributed by atoms with van der Waals surface area (Å²) in [4.78, 5) is 22.6. The van der Waals surface area contributed by atoms with E-state index in [-0.39, 0.29) is 14.0 Å². The molecule has 7 nitrogen and oxygen atoms in total. The van der Waals surface area contributed by atoms with E-state index in [9.17, 15) is 4.79 Å². The van der Waals surface area contributed by atoms with Gasteiger partial charge in [0.1, 0.15) is 6.29 Å². The second kappa shape index (κ2) is 16.1. The number of nitrogens with zero attached hydrogens (tertiary/aromatic N) is 3. The number of nitrogens with two attached hydrogens (primary N) is 2. The van der Waals surface area contributed by atoms with Crippen LogP contribution in [-0.4, -0.2) is 33.7 Å². The molecule has 3 heterocycles. The van der Waals surface area contributed by atoms with Crippen LogP contribution in [0.2, 0.25) is 0 Å². The normalized spacial score (nSPS) is 10.8. The number of hydrogen-bond acceptors (Lipinski definition) is 7. The highest BCUT2D eigenvalue weighted by Crippen LogP contribution is 2.34. The molecule has 0 spiro atoms. The molecule has 0 amide bonds. The predicted molar refractivity (Wildman–Crippen MR) is 180 cm³/mol. The summed E-state index contributed by atoms with van der Waals surface area (Å²) in [6, 6.07) is 31.7. The lowest BCUT2D eigenvalue weighted by Gasteiger charge is -2.17. The van der Waals surface area contributed by atoms with Crippen LogP contribution >= 0.6 is 0 Å². The van der Waals surface area contributed by atoms with Gasteiger partial charge in [-0.25, -0.2) is 0 Å². The van der Waals surface area contributed by atoms with E-state index in [0.717, 1.165) is 51.8 Å². The molecule has 0 radical (unpaired) electrons. The lowest BCUT2D eigenvalue weighted by Crippen LogP contribution is -2.09. The standard InChI is InChI=1S/C17H12N2.C10H10N2.C6H5NO.C2H6O.CH4/c1-3-13-4-2-6-15-17(13)14(5-1)11-16(19-15)12-7-9-18-10-8-12;11-8-5-1-3-7-4-2-6-9(12)10(7)8;8-5-6-1-3-7-4-2-6;1-2-3;/h1-10H,11H2;1-6H,11-12H2;1-5H;3H,2H2,1H3;1H4. The minimum atomic E-state index is 0. The number of anilines is 2. The fourth-order valence-electron chi connectivity index (χ4n) is 4.56. The van der Waals surface area contributed by atoms with Crippen molar-refractivity contribution in [2.24, 2.45) is 4.99 Å². The Bertz CT molecular complexity index is 1750. The maximum Gasteiger partial charge on any atom is 0.150 e. The molecule has 1 aliphatic rings. The van der Waals surface area contributed by atoms with Gasteiger partial charge in [0.05, 0.1) is 11.4 Å². The van der Waals surface area contributed by atoms with Crippen molar-refractivity contribution in [3.8, 4) is 0 Å². The summed E-state index contributed by atoms with van der Waals surface area (Å²) in [5.41, 5.74) is 18.4. The number of benzene rings is 4. The first-order chi connectivity index (χ1) is 20.5. The zero-order valence-electron chi connectivity index (χ0n) is 23.4. The molecule has 0 atom stereocenters. The lowest BCUT2D eigenvalue weighted by atomic mass is 9.94. The Kier molecular flexibility index (Phi) is 12.1. The Balaban J connectivity index is 0.000000182. The third-order valence-electron chi connectivity index (χ3n) is 6.41. The van der Waals surface area contributed by atoms with Gasteiger partial charge in [0.2, 0.25) is 0 Å². The van der Waals surface area contributed by atoms with E-state index in [4.69, 9.17) is 21.6 Å². The van der Waals surface area contributed by atoms with Crippen molar-refractivity contribution in [2.45, 2.75) is 20.8 Å². The number of aromatic nitrogens is 2. The van der Waals surface area contributed by atoms with E-state index in [1.54, 1.807) is 31.5 Å². The van der Waals surface area contributed by atoms with Crippen molar-refractivity contribution in [1.82, 2.24) is 9.97 Å². The average Bonchev–Trinajstić information content (AvgIpc) is 3.03. The van der Waals surface area contributed by atoms with Gasteiger partial charge in [-0.1, -0.05) is 62.0 Å². The summed E-state index contributed by atoms with van der Waals surface area (Å²) in [5, 5.41) is 12.2. The van der Waals surface area contributed by atoms with Crippen LogP contribution in [0.5, 0.6) is 0 Å². The Morgan fingerprint density at radius 2 is 1.21 bits per heavy atom. The van der Waals surface area contributed by atoms with Gasteiger partial charge in [-0.05, 0) is 71.3 Å². The van der Waals surface area contributed by atoms with Gasteiger partial charge in [-0.2, -0.15) is 0 Å². The van der Waals surface area contributed by atoms with Gasteiger partial charge in [-0.15, -0.1) is 0 Å². The number of hydrogen-bond donors (Lipinski definition) is 3. The highest BCUT2D eigenvalue weighted by Gasteiger charge is 2.15. The third kappa shape index (κ3) is 8.31. The largest absolute Gasteiger partial charge is 0.398 e. The smallest absolute Gasteiger partial charge is 0.150 e. The van der Waals surface area contributed by atoms with E-state index in [1.807, 2.05) is 60.9 Å². The molecule has 4 aromatic carbocycles. The number of aliphatic imine (C=N–C) groups is 1. The van der Waals surface area contributed by atoms with Gasteiger partial charge in [-0.3, -0.25) is 19.8 Å². The summed E-state index contributed by atoms with van der Waals surface area (Å²) in [6.45, 7) is 1.93. The van der Waals surface area contributed by atoms with Crippen LogP contribution in [0.15, 0.2) is 127 Å². The molecule has 5 N–H and O–H groups in total. The second-order valence-electron chi connectivity index (χ2n) is 9.27. The van der Waals surface area contributed by atoms with Crippen LogP contribution in [0.1, 0.15) is 35.8 Å². The molecular weight excluding hydrogens is 534 g/mol. The monoisotopic (exact) mass is 571 g/mol. The first-order valence-electron chi connectivity index (χ1n) is 13.5. The summed E-state index contributed by atoms with van der Waals surface area (Å²) < 4.78 is 0. The van der Waals surface area contributed by atoms with Crippen LogP contribution in [0, 0.1) is 0 Å². The molecule has 0 bridgehead atoms. The predicted octanol–water partition coefficient (Wildman–Crippen LogP) is 7.44. The van der Waals surface area contributed by atoms with Crippen LogP contribution in [0.4, 0.5) is 17.1 Å².